The highest BCUT2D eigenvalue weighted by atomic mass is 32.2. The Balaban J connectivity index is 2.98. The van der Waals surface area contributed by atoms with E-state index in [-0.39, 0.29) is 5.56 Å². The van der Waals surface area contributed by atoms with Gasteiger partial charge in [0.15, 0.2) is 0 Å². The van der Waals surface area contributed by atoms with Gasteiger partial charge in [-0.3, -0.25) is 0 Å². The fraction of sp³-hybridized carbons (Fsp3) is 0.538. The van der Waals surface area contributed by atoms with Gasteiger partial charge in [-0.2, -0.15) is 13.2 Å². The van der Waals surface area contributed by atoms with Crippen molar-refractivity contribution in [3.05, 3.63) is 35.4 Å². The zero-order valence-electron chi connectivity index (χ0n) is 11.3. The van der Waals surface area contributed by atoms with Crippen molar-refractivity contribution in [2.75, 3.05) is 0 Å². The molecule has 0 aromatic heterocycles. The molecule has 2 nitrogen and oxygen atoms in total. The van der Waals surface area contributed by atoms with E-state index in [4.69, 9.17) is 0 Å². The lowest BCUT2D eigenvalue weighted by atomic mass is 10.0. The third kappa shape index (κ3) is 4.40. The van der Waals surface area contributed by atoms with Crippen LogP contribution in [0.1, 0.15) is 44.9 Å². The van der Waals surface area contributed by atoms with Gasteiger partial charge in [-0.15, -0.1) is 4.72 Å². The second kappa shape index (κ2) is 5.73. The van der Waals surface area contributed by atoms with Gasteiger partial charge >= 0.3 is 6.18 Å². The molecule has 1 aromatic carbocycles. The lowest BCUT2D eigenvalue weighted by molar-refractivity contribution is -0.138. The molecule has 6 heteroatoms. The Morgan fingerprint density at radius 1 is 1.16 bits per heavy atom. The largest absolute Gasteiger partial charge is 0.598 e. The molecule has 0 aliphatic heterocycles. The van der Waals surface area contributed by atoms with Crippen molar-refractivity contribution < 1.29 is 17.7 Å². The summed E-state index contributed by atoms with van der Waals surface area (Å²) in [6.45, 7) is 6.86. The average Bonchev–Trinajstić information content (AvgIpc) is 2.26. The van der Waals surface area contributed by atoms with E-state index in [0.29, 0.717) is 0 Å². The highest BCUT2D eigenvalue weighted by Gasteiger charge is 2.36. The van der Waals surface area contributed by atoms with Gasteiger partial charge in [0.1, 0.15) is 4.75 Å². The van der Waals surface area contributed by atoms with E-state index >= 15 is 0 Å². The SMILES string of the molecule is C[C@H](N[S+]([O-])C(C)(C)C)c1ccccc1C(F)(F)F. The Kier molecular flexibility index (Phi) is 4.92. The summed E-state index contributed by atoms with van der Waals surface area (Å²) in [5.41, 5.74) is -0.589. The summed E-state index contributed by atoms with van der Waals surface area (Å²) in [7, 11) is 0. The van der Waals surface area contributed by atoms with E-state index in [9.17, 15) is 17.7 Å². The summed E-state index contributed by atoms with van der Waals surface area (Å²) in [6, 6.07) is 4.69. The molecule has 0 aliphatic rings. The third-order valence-corrected chi connectivity index (χ3v) is 4.25. The summed E-state index contributed by atoms with van der Waals surface area (Å²) in [6.07, 6.45) is -4.41. The van der Waals surface area contributed by atoms with Crippen LogP contribution in [0.4, 0.5) is 13.2 Å². The highest BCUT2D eigenvalue weighted by Crippen LogP contribution is 2.34. The summed E-state index contributed by atoms with van der Waals surface area (Å²) in [4.78, 5) is 0. The molecule has 0 bridgehead atoms. The smallest absolute Gasteiger partial charge is 0.416 e. The molecule has 108 valence electrons. The molecule has 2 atom stereocenters. The van der Waals surface area contributed by atoms with E-state index in [2.05, 4.69) is 4.72 Å². The maximum absolute atomic E-state index is 12.9. The van der Waals surface area contributed by atoms with E-state index in [0.717, 1.165) is 6.07 Å². The predicted molar refractivity (Wildman–Crippen MR) is 70.9 cm³/mol. The molecule has 0 heterocycles. The molecule has 0 saturated carbocycles. The number of rotatable bonds is 3. The van der Waals surface area contributed by atoms with Crippen LogP contribution in [0, 0.1) is 0 Å². The third-order valence-electron chi connectivity index (χ3n) is 2.57. The minimum atomic E-state index is -4.41. The van der Waals surface area contributed by atoms with Crippen LogP contribution in [0.3, 0.4) is 0 Å². The second-order valence-electron chi connectivity index (χ2n) is 5.31. The normalized spacial score (nSPS) is 16.2. The van der Waals surface area contributed by atoms with Crippen molar-refractivity contribution in [3.63, 3.8) is 0 Å². The molecule has 0 fully saturated rings. The Morgan fingerprint density at radius 3 is 2.16 bits per heavy atom. The molecule has 19 heavy (non-hydrogen) atoms. The lowest BCUT2D eigenvalue weighted by Crippen LogP contribution is -2.40. The molecule has 0 aliphatic carbocycles. The van der Waals surface area contributed by atoms with Crippen molar-refractivity contribution in [1.82, 2.24) is 4.72 Å². The predicted octanol–water partition coefficient (Wildman–Crippen LogP) is 3.82. The standard InChI is InChI=1S/C13H18F3NOS/c1-9(17-19(18)12(2,3)4)10-7-5-6-8-11(10)13(14,15)16/h5-9,17H,1-4H3/t9-,19?/m0/s1. The fourth-order valence-electron chi connectivity index (χ4n) is 1.53. The second-order valence-corrected chi connectivity index (χ2v) is 7.30. The van der Waals surface area contributed by atoms with Crippen molar-refractivity contribution in [2.45, 2.75) is 44.7 Å². The molecule has 0 amide bonds. The van der Waals surface area contributed by atoms with Crippen LogP contribution in [0.2, 0.25) is 0 Å². The van der Waals surface area contributed by atoms with Gasteiger partial charge in [0.05, 0.1) is 11.6 Å². The molecule has 1 N–H and O–H groups in total. The summed E-state index contributed by atoms with van der Waals surface area (Å²) in [5, 5.41) is 0. The van der Waals surface area contributed by atoms with Gasteiger partial charge in [0, 0.05) is 11.4 Å². The van der Waals surface area contributed by atoms with Gasteiger partial charge in [0.25, 0.3) is 0 Å². The van der Waals surface area contributed by atoms with Gasteiger partial charge < -0.3 is 4.55 Å². The monoisotopic (exact) mass is 293 g/mol. The maximum atomic E-state index is 12.9. The van der Waals surface area contributed by atoms with E-state index in [1.165, 1.54) is 12.1 Å². The van der Waals surface area contributed by atoms with Gasteiger partial charge in [0.2, 0.25) is 0 Å². The Bertz CT molecular complexity index is 429. The number of nitrogens with one attached hydrogen (secondary N) is 1. The summed E-state index contributed by atoms with van der Waals surface area (Å²) in [5.74, 6) is 0. The molecular formula is C13H18F3NOS. The Labute approximate surface area is 114 Å². The average molecular weight is 293 g/mol. The first kappa shape index (κ1) is 16.3. The van der Waals surface area contributed by atoms with Gasteiger partial charge in [-0.05, 0) is 39.3 Å². The van der Waals surface area contributed by atoms with Crippen molar-refractivity contribution in [1.29, 1.82) is 0 Å². The van der Waals surface area contributed by atoms with Crippen LogP contribution in [-0.4, -0.2) is 9.30 Å². The van der Waals surface area contributed by atoms with Crippen molar-refractivity contribution in [2.24, 2.45) is 0 Å². The number of hydrogen-bond acceptors (Lipinski definition) is 2. The van der Waals surface area contributed by atoms with Crippen molar-refractivity contribution >= 4 is 11.4 Å². The fourth-order valence-corrected chi connectivity index (χ4v) is 2.34. The van der Waals surface area contributed by atoms with Crippen LogP contribution in [0.15, 0.2) is 24.3 Å². The molecule has 0 saturated heterocycles. The Morgan fingerprint density at radius 2 is 1.68 bits per heavy atom. The topological polar surface area (TPSA) is 35.1 Å². The van der Waals surface area contributed by atoms with Crippen molar-refractivity contribution in [3.8, 4) is 0 Å². The zero-order valence-corrected chi connectivity index (χ0v) is 12.2. The minimum absolute atomic E-state index is 0.104. The number of alkyl halides is 3. The molecule has 1 unspecified atom stereocenters. The molecule has 1 aromatic rings. The van der Waals surface area contributed by atoms with Gasteiger partial charge in [-0.25, -0.2) is 0 Å². The van der Waals surface area contributed by atoms with Gasteiger partial charge in [-0.1, -0.05) is 18.2 Å². The van der Waals surface area contributed by atoms with Crippen LogP contribution in [0.5, 0.6) is 0 Å². The van der Waals surface area contributed by atoms with E-state index < -0.39 is 33.9 Å². The first-order valence-corrected chi connectivity index (χ1v) is 7.02. The summed E-state index contributed by atoms with van der Waals surface area (Å²) >= 11 is -1.42. The number of halogens is 3. The quantitative estimate of drug-likeness (QED) is 0.860. The maximum Gasteiger partial charge on any atom is 0.416 e. The van der Waals surface area contributed by atoms with Crippen LogP contribution in [0.25, 0.3) is 0 Å². The number of benzene rings is 1. The van der Waals surface area contributed by atoms with Crippen LogP contribution >= 0.6 is 0 Å². The van der Waals surface area contributed by atoms with E-state index in [1.807, 2.05) is 0 Å². The first-order valence-electron chi connectivity index (χ1n) is 5.87. The molecular weight excluding hydrogens is 275 g/mol. The molecule has 0 spiro atoms. The highest BCUT2D eigenvalue weighted by molar-refractivity contribution is 7.90. The van der Waals surface area contributed by atoms with Crippen LogP contribution in [-0.2, 0) is 17.5 Å². The number of hydrogen-bond donors (Lipinski definition) is 1. The van der Waals surface area contributed by atoms with Crippen LogP contribution < -0.4 is 4.72 Å². The van der Waals surface area contributed by atoms with E-state index in [1.54, 1.807) is 33.8 Å². The molecule has 1 rings (SSSR count). The Hall–Kier alpha value is -0.720. The first-order chi connectivity index (χ1) is 8.53. The minimum Gasteiger partial charge on any atom is -0.598 e. The lowest BCUT2D eigenvalue weighted by Gasteiger charge is -2.27. The zero-order chi connectivity index (χ0) is 14.8. The summed E-state index contributed by atoms with van der Waals surface area (Å²) < 4.78 is 52.8. The molecule has 0 radical (unpaired) electrons.